The van der Waals surface area contributed by atoms with Crippen LogP contribution in [0.5, 0.6) is 0 Å². The molecule has 0 saturated heterocycles. The Morgan fingerprint density at radius 2 is 1.75 bits per heavy atom. The minimum Gasteiger partial charge on any atom is -0.370 e. The molecule has 0 aliphatic rings. The van der Waals surface area contributed by atoms with Crippen molar-refractivity contribution in [1.82, 2.24) is 0 Å². The number of carbonyl (C=O) groups excluding carboxylic acids is 1. The molecular formula is C9H18N2O. The Hall–Kier alpha value is -0.860. The lowest BCUT2D eigenvalue weighted by Gasteiger charge is -1.97. The third-order valence-electron chi connectivity index (χ3n) is 1.74. The molecule has 0 fully saturated rings. The van der Waals surface area contributed by atoms with Crippen molar-refractivity contribution in [2.24, 2.45) is 10.7 Å². The van der Waals surface area contributed by atoms with Gasteiger partial charge < -0.3 is 10.7 Å². The number of amides is 1. The van der Waals surface area contributed by atoms with Gasteiger partial charge in [0.1, 0.15) is 0 Å². The van der Waals surface area contributed by atoms with Crippen molar-refractivity contribution in [1.29, 1.82) is 0 Å². The third kappa shape index (κ3) is 9.14. The molecule has 0 aromatic heterocycles. The zero-order chi connectivity index (χ0) is 9.23. The molecule has 0 radical (unpaired) electrons. The molecule has 3 nitrogen and oxygen atoms in total. The average molecular weight is 170 g/mol. The summed E-state index contributed by atoms with van der Waals surface area (Å²) in [6.07, 6.45) is 6.01. The number of aliphatic imine (C=N–C) groups is 1. The number of nitrogens with two attached hydrogens (primary N) is 1. The fourth-order valence-corrected chi connectivity index (χ4v) is 1.05. The van der Waals surface area contributed by atoms with E-state index in [9.17, 15) is 4.79 Å². The lowest BCUT2D eigenvalue weighted by atomic mass is 10.1. The van der Waals surface area contributed by atoms with Gasteiger partial charge in [0.15, 0.2) is 0 Å². The first-order valence-electron chi connectivity index (χ1n) is 4.48. The van der Waals surface area contributed by atoms with Crippen LogP contribution in [0, 0.1) is 0 Å². The second kappa shape index (κ2) is 8.24. The summed E-state index contributed by atoms with van der Waals surface area (Å²) in [6.45, 7) is 4.26. The van der Waals surface area contributed by atoms with Gasteiger partial charge in [0, 0.05) is 13.0 Å². The van der Waals surface area contributed by atoms with Crippen LogP contribution < -0.4 is 5.73 Å². The van der Waals surface area contributed by atoms with Crippen LogP contribution in [0.4, 0.5) is 0 Å². The van der Waals surface area contributed by atoms with Crippen LogP contribution in [-0.4, -0.2) is 19.2 Å². The van der Waals surface area contributed by atoms with E-state index >= 15 is 0 Å². The fraction of sp³-hybridized carbons (Fsp3) is 0.778. The molecule has 70 valence electrons. The van der Waals surface area contributed by atoms with Gasteiger partial charge in [-0.05, 0) is 19.6 Å². The Bertz CT molecular complexity index is 134. The van der Waals surface area contributed by atoms with Crippen molar-refractivity contribution < 1.29 is 4.79 Å². The van der Waals surface area contributed by atoms with Crippen LogP contribution in [0.2, 0.25) is 0 Å². The highest BCUT2D eigenvalue weighted by molar-refractivity contribution is 5.73. The molecule has 0 spiro atoms. The van der Waals surface area contributed by atoms with Crippen LogP contribution in [0.25, 0.3) is 0 Å². The van der Waals surface area contributed by atoms with E-state index in [1.807, 2.05) is 0 Å². The second-order valence-electron chi connectivity index (χ2n) is 2.93. The van der Waals surface area contributed by atoms with Crippen molar-refractivity contribution in [3.05, 3.63) is 0 Å². The molecule has 0 aromatic carbocycles. The Balaban J connectivity index is 2.90. The van der Waals surface area contributed by atoms with E-state index in [4.69, 9.17) is 5.73 Å². The number of hydrogen-bond acceptors (Lipinski definition) is 2. The average Bonchev–Trinajstić information content (AvgIpc) is 2.02. The van der Waals surface area contributed by atoms with E-state index < -0.39 is 0 Å². The second-order valence-corrected chi connectivity index (χ2v) is 2.93. The zero-order valence-electron chi connectivity index (χ0n) is 7.59. The topological polar surface area (TPSA) is 55.4 Å². The molecule has 12 heavy (non-hydrogen) atoms. The summed E-state index contributed by atoms with van der Waals surface area (Å²) in [5.74, 6) is -0.192. The van der Waals surface area contributed by atoms with Crippen LogP contribution in [-0.2, 0) is 4.79 Å². The Labute approximate surface area is 74.1 Å². The first kappa shape index (κ1) is 11.1. The van der Waals surface area contributed by atoms with Gasteiger partial charge in [-0.3, -0.25) is 4.79 Å². The quantitative estimate of drug-likeness (QED) is 0.435. The predicted molar refractivity (Wildman–Crippen MR) is 51.3 cm³/mol. The molecule has 3 heteroatoms. The monoisotopic (exact) mass is 170 g/mol. The summed E-state index contributed by atoms with van der Waals surface area (Å²) in [4.78, 5) is 14.1. The van der Waals surface area contributed by atoms with Crippen molar-refractivity contribution in [2.45, 2.75) is 38.5 Å². The first-order chi connectivity index (χ1) is 5.77. The van der Waals surface area contributed by atoms with Gasteiger partial charge in [-0.1, -0.05) is 19.3 Å². The molecule has 0 unspecified atom stereocenters. The number of nitrogens with zero attached hydrogens (tertiary/aromatic N) is 1. The van der Waals surface area contributed by atoms with E-state index in [1.165, 1.54) is 12.8 Å². The maximum atomic E-state index is 10.3. The molecule has 0 atom stereocenters. The summed E-state index contributed by atoms with van der Waals surface area (Å²) >= 11 is 0. The Kier molecular flexibility index (Phi) is 7.65. The number of unbranched alkanes of at least 4 members (excludes halogenated alkanes) is 4. The molecule has 0 aliphatic heterocycles. The van der Waals surface area contributed by atoms with Crippen LogP contribution in [0.1, 0.15) is 38.5 Å². The van der Waals surface area contributed by atoms with Crippen LogP contribution in [0.3, 0.4) is 0 Å². The van der Waals surface area contributed by atoms with E-state index in [1.54, 1.807) is 0 Å². The minimum absolute atomic E-state index is 0.192. The maximum Gasteiger partial charge on any atom is 0.217 e. The molecule has 0 rings (SSSR count). The van der Waals surface area contributed by atoms with E-state index in [0.717, 1.165) is 25.8 Å². The summed E-state index contributed by atoms with van der Waals surface area (Å²) in [5, 5.41) is 0. The molecule has 0 bridgehead atoms. The highest BCUT2D eigenvalue weighted by Gasteiger charge is 1.93. The largest absolute Gasteiger partial charge is 0.370 e. The summed E-state index contributed by atoms with van der Waals surface area (Å²) < 4.78 is 0. The molecule has 0 heterocycles. The lowest BCUT2D eigenvalue weighted by Crippen LogP contribution is -2.09. The normalized spacial score (nSPS) is 9.67. The third-order valence-corrected chi connectivity index (χ3v) is 1.74. The number of carbonyl (C=O) groups is 1. The van der Waals surface area contributed by atoms with Gasteiger partial charge in [-0.2, -0.15) is 0 Å². The summed E-state index contributed by atoms with van der Waals surface area (Å²) in [7, 11) is 0. The van der Waals surface area contributed by atoms with Gasteiger partial charge in [0.25, 0.3) is 0 Å². The maximum absolute atomic E-state index is 10.3. The predicted octanol–water partition coefficient (Wildman–Crippen LogP) is 1.51. The van der Waals surface area contributed by atoms with Crippen LogP contribution in [0.15, 0.2) is 4.99 Å². The number of rotatable bonds is 8. The van der Waals surface area contributed by atoms with Gasteiger partial charge in [-0.15, -0.1) is 0 Å². The van der Waals surface area contributed by atoms with E-state index in [0.29, 0.717) is 6.42 Å². The highest BCUT2D eigenvalue weighted by Crippen LogP contribution is 2.04. The van der Waals surface area contributed by atoms with Gasteiger partial charge in [0.2, 0.25) is 5.91 Å². The van der Waals surface area contributed by atoms with Crippen molar-refractivity contribution in [3.63, 3.8) is 0 Å². The van der Waals surface area contributed by atoms with Crippen molar-refractivity contribution in [2.75, 3.05) is 6.54 Å². The van der Waals surface area contributed by atoms with Crippen molar-refractivity contribution >= 4 is 12.6 Å². The summed E-state index contributed by atoms with van der Waals surface area (Å²) in [6, 6.07) is 0. The summed E-state index contributed by atoms with van der Waals surface area (Å²) in [5.41, 5.74) is 4.99. The fourth-order valence-electron chi connectivity index (χ4n) is 1.05. The Morgan fingerprint density at radius 3 is 2.33 bits per heavy atom. The van der Waals surface area contributed by atoms with Gasteiger partial charge >= 0.3 is 0 Å². The highest BCUT2D eigenvalue weighted by atomic mass is 16.1. The lowest BCUT2D eigenvalue weighted by molar-refractivity contribution is -0.118. The molecule has 1 amide bonds. The molecular weight excluding hydrogens is 152 g/mol. The minimum atomic E-state index is -0.192. The standard InChI is InChI=1S/C9H18N2O/c1-11-8-6-4-2-3-5-7-9(10)12/h1-8H2,(H2,10,12). The first-order valence-corrected chi connectivity index (χ1v) is 4.48. The molecule has 0 aromatic rings. The SMILES string of the molecule is C=NCCCCCCCC(N)=O. The van der Waals surface area contributed by atoms with E-state index in [2.05, 4.69) is 11.7 Å². The van der Waals surface area contributed by atoms with Gasteiger partial charge in [-0.25, -0.2) is 0 Å². The number of primary amides is 1. The van der Waals surface area contributed by atoms with Gasteiger partial charge in [0.05, 0.1) is 0 Å². The van der Waals surface area contributed by atoms with Crippen LogP contribution >= 0.6 is 0 Å². The Morgan fingerprint density at radius 1 is 1.17 bits per heavy atom. The molecule has 0 aliphatic carbocycles. The number of hydrogen-bond donors (Lipinski definition) is 1. The zero-order valence-corrected chi connectivity index (χ0v) is 7.59. The van der Waals surface area contributed by atoms with E-state index in [-0.39, 0.29) is 5.91 Å². The van der Waals surface area contributed by atoms with Crippen molar-refractivity contribution in [3.8, 4) is 0 Å². The molecule has 2 N–H and O–H groups in total. The molecule has 0 saturated carbocycles. The smallest absolute Gasteiger partial charge is 0.217 e.